The van der Waals surface area contributed by atoms with Gasteiger partial charge in [0, 0.05) is 25.2 Å². The quantitative estimate of drug-likeness (QED) is 0.309. The minimum absolute atomic E-state index is 0. The Balaban J connectivity index is 0.00000364. The third-order valence-corrected chi connectivity index (χ3v) is 3.84. The summed E-state index contributed by atoms with van der Waals surface area (Å²) in [4.78, 5) is 16.6. The number of nitrogens with zero attached hydrogens (tertiary/aromatic N) is 1. The SMILES string of the molecule is CCNC(=O)c1cccc(CN=C(NCC)NCCc2ccccc2)c1.I. The van der Waals surface area contributed by atoms with Crippen LogP contribution in [0.2, 0.25) is 0 Å². The molecule has 27 heavy (non-hydrogen) atoms. The Hall–Kier alpha value is -2.09. The van der Waals surface area contributed by atoms with E-state index in [0.717, 1.165) is 31.0 Å². The smallest absolute Gasteiger partial charge is 0.251 e. The number of hydrogen-bond acceptors (Lipinski definition) is 2. The van der Waals surface area contributed by atoms with Gasteiger partial charge in [0.2, 0.25) is 0 Å². The molecule has 0 aliphatic heterocycles. The number of rotatable bonds is 8. The van der Waals surface area contributed by atoms with Crippen LogP contribution in [0.5, 0.6) is 0 Å². The molecule has 1 amide bonds. The Morgan fingerprint density at radius 2 is 1.59 bits per heavy atom. The van der Waals surface area contributed by atoms with E-state index in [4.69, 9.17) is 0 Å². The molecule has 0 unspecified atom stereocenters. The summed E-state index contributed by atoms with van der Waals surface area (Å²) in [7, 11) is 0. The minimum atomic E-state index is -0.0498. The van der Waals surface area contributed by atoms with Crippen molar-refractivity contribution in [1.82, 2.24) is 16.0 Å². The van der Waals surface area contributed by atoms with Crippen molar-refractivity contribution in [3.05, 3.63) is 71.3 Å². The lowest BCUT2D eigenvalue weighted by Crippen LogP contribution is -2.38. The number of amides is 1. The number of aliphatic imine (C=N–C) groups is 1. The van der Waals surface area contributed by atoms with Crippen molar-refractivity contribution in [3.63, 3.8) is 0 Å². The van der Waals surface area contributed by atoms with Gasteiger partial charge >= 0.3 is 0 Å². The van der Waals surface area contributed by atoms with E-state index in [-0.39, 0.29) is 29.9 Å². The predicted molar refractivity (Wildman–Crippen MR) is 123 cm³/mol. The molecule has 0 aliphatic carbocycles. The Kier molecular flexibility index (Phi) is 11.2. The molecular formula is C21H29IN4O. The van der Waals surface area contributed by atoms with E-state index in [1.807, 2.05) is 44.2 Å². The molecule has 0 aromatic heterocycles. The van der Waals surface area contributed by atoms with Crippen LogP contribution in [0.15, 0.2) is 59.6 Å². The monoisotopic (exact) mass is 480 g/mol. The fraction of sp³-hybridized carbons (Fsp3) is 0.333. The number of hydrogen-bond donors (Lipinski definition) is 3. The Labute approximate surface area is 179 Å². The zero-order valence-electron chi connectivity index (χ0n) is 16.0. The molecule has 0 saturated heterocycles. The molecule has 0 aliphatic rings. The fourth-order valence-electron chi connectivity index (χ4n) is 2.56. The summed E-state index contributed by atoms with van der Waals surface area (Å²) in [6, 6.07) is 18.0. The lowest BCUT2D eigenvalue weighted by molar-refractivity contribution is 0.0955. The summed E-state index contributed by atoms with van der Waals surface area (Å²) in [6.45, 7) is 6.72. The molecule has 0 radical (unpaired) electrons. The second kappa shape index (κ2) is 13.1. The zero-order valence-corrected chi connectivity index (χ0v) is 18.3. The largest absolute Gasteiger partial charge is 0.357 e. The van der Waals surface area contributed by atoms with Crippen molar-refractivity contribution >= 4 is 35.8 Å². The van der Waals surface area contributed by atoms with Gasteiger partial charge in [0.05, 0.1) is 6.54 Å². The van der Waals surface area contributed by atoms with Gasteiger partial charge in [-0.05, 0) is 43.5 Å². The maximum absolute atomic E-state index is 11.9. The molecule has 2 rings (SSSR count). The Morgan fingerprint density at radius 3 is 2.30 bits per heavy atom. The van der Waals surface area contributed by atoms with Gasteiger partial charge in [0.25, 0.3) is 5.91 Å². The van der Waals surface area contributed by atoms with Crippen molar-refractivity contribution in [2.45, 2.75) is 26.8 Å². The zero-order chi connectivity index (χ0) is 18.6. The highest BCUT2D eigenvalue weighted by Crippen LogP contribution is 2.07. The summed E-state index contributed by atoms with van der Waals surface area (Å²) >= 11 is 0. The molecule has 6 heteroatoms. The molecule has 0 spiro atoms. The Bertz CT molecular complexity index is 719. The number of carbonyl (C=O) groups excluding carboxylic acids is 1. The summed E-state index contributed by atoms with van der Waals surface area (Å²) in [6.07, 6.45) is 0.942. The topological polar surface area (TPSA) is 65.5 Å². The minimum Gasteiger partial charge on any atom is -0.357 e. The number of benzene rings is 2. The predicted octanol–water partition coefficient (Wildman–Crippen LogP) is 3.35. The van der Waals surface area contributed by atoms with Crippen molar-refractivity contribution in [1.29, 1.82) is 0 Å². The maximum Gasteiger partial charge on any atom is 0.251 e. The molecule has 3 N–H and O–H groups in total. The molecular weight excluding hydrogens is 451 g/mol. The first-order valence-electron chi connectivity index (χ1n) is 9.16. The molecule has 0 heterocycles. The molecule has 2 aromatic rings. The van der Waals surface area contributed by atoms with Crippen molar-refractivity contribution < 1.29 is 4.79 Å². The van der Waals surface area contributed by atoms with Gasteiger partial charge in [-0.3, -0.25) is 4.79 Å². The molecule has 0 fully saturated rings. The van der Waals surface area contributed by atoms with Gasteiger partial charge in [-0.2, -0.15) is 0 Å². The van der Waals surface area contributed by atoms with Crippen LogP contribution < -0.4 is 16.0 Å². The van der Waals surface area contributed by atoms with E-state index in [1.54, 1.807) is 0 Å². The van der Waals surface area contributed by atoms with Gasteiger partial charge in [-0.1, -0.05) is 42.5 Å². The standard InChI is InChI=1S/C21H28N4O.HI/c1-3-22-20(26)19-12-8-11-18(15-19)16-25-21(23-4-2)24-14-13-17-9-6-5-7-10-17;/h5-12,15H,3-4,13-14,16H2,1-2H3,(H,22,26)(H2,23,24,25);1H. The van der Waals surface area contributed by atoms with Crippen molar-refractivity contribution in [3.8, 4) is 0 Å². The first-order chi connectivity index (χ1) is 12.7. The van der Waals surface area contributed by atoms with Gasteiger partial charge in [0.15, 0.2) is 5.96 Å². The van der Waals surface area contributed by atoms with Gasteiger partial charge in [-0.25, -0.2) is 4.99 Å². The Morgan fingerprint density at radius 1 is 0.889 bits per heavy atom. The lowest BCUT2D eigenvalue weighted by Gasteiger charge is -2.11. The van der Waals surface area contributed by atoms with Crippen LogP contribution in [0.4, 0.5) is 0 Å². The van der Waals surface area contributed by atoms with Crippen LogP contribution >= 0.6 is 24.0 Å². The highest BCUT2D eigenvalue weighted by molar-refractivity contribution is 14.0. The first kappa shape index (κ1) is 23.0. The first-order valence-corrected chi connectivity index (χ1v) is 9.16. The number of carbonyl (C=O) groups is 1. The molecule has 5 nitrogen and oxygen atoms in total. The van der Waals surface area contributed by atoms with Crippen molar-refractivity contribution in [2.24, 2.45) is 4.99 Å². The van der Waals surface area contributed by atoms with Crippen LogP contribution in [0.3, 0.4) is 0 Å². The fourth-order valence-corrected chi connectivity index (χ4v) is 2.56. The average molecular weight is 480 g/mol. The van der Waals surface area contributed by atoms with E-state index in [0.29, 0.717) is 18.7 Å². The summed E-state index contributed by atoms with van der Waals surface area (Å²) in [5, 5.41) is 9.43. The summed E-state index contributed by atoms with van der Waals surface area (Å²) in [5.74, 6) is 0.734. The van der Waals surface area contributed by atoms with E-state index < -0.39 is 0 Å². The van der Waals surface area contributed by atoms with Crippen LogP contribution in [0, 0.1) is 0 Å². The number of guanidine groups is 1. The van der Waals surface area contributed by atoms with E-state index in [1.165, 1.54) is 5.56 Å². The molecule has 0 bridgehead atoms. The molecule has 2 aromatic carbocycles. The van der Waals surface area contributed by atoms with Crippen LogP contribution in [0.25, 0.3) is 0 Å². The normalized spacial score (nSPS) is 10.7. The van der Waals surface area contributed by atoms with E-state index in [9.17, 15) is 4.79 Å². The summed E-state index contributed by atoms with van der Waals surface area (Å²) in [5.41, 5.74) is 2.97. The second-order valence-corrected chi connectivity index (χ2v) is 5.92. The van der Waals surface area contributed by atoms with Crippen molar-refractivity contribution in [2.75, 3.05) is 19.6 Å². The average Bonchev–Trinajstić information content (AvgIpc) is 2.67. The maximum atomic E-state index is 11.9. The molecule has 0 saturated carbocycles. The van der Waals surface area contributed by atoms with E-state index in [2.05, 4.69) is 45.2 Å². The van der Waals surface area contributed by atoms with E-state index >= 15 is 0 Å². The van der Waals surface area contributed by atoms with Gasteiger partial charge in [-0.15, -0.1) is 24.0 Å². The third kappa shape index (κ3) is 8.43. The van der Waals surface area contributed by atoms with Crippen LogP contribution in [0.1, 0.15) is 35.3 Å². The van der Waals surface area contributed by atoms with Crippen LogP contribution in [-0.2, 0) is 13.0 Å². The highest BCUT2D eigenvalue weighted by atomic mass is 127. The second-order valence-electron chi connectivity index (χ2n) is 5.92. The summed E-state index contributed by atoms with van der Waals surface area (Å²) < 4.78 is 0. The molecule has 146 valence electrons. The number of nitrogens with one attached hydrogen (secondary N) is 3. The van der Waals surface area contributed by atoms with Crippen LogP contribution in [-0.4, -0.2) is 31.5 Å². The highest BCUT2D eigenvalue weighted by Gasteiger charge is 2.05. The van der Waals surface area contributed by atoms with Gasteiger partial charge in [0.1, 0.15) is 0 Å². The lowest BCUT2D eigenvalue weighted by atomic mass is 10.1. The third-order valence-electron chi connectivity index (χ3n) is 3.84. The molecule has 0 atom stereocenters. The van der Waals surface area contributed by atoms with Gasteiger partial charge < -0.3 is 16.0 Å². The number of halogens is 1.